The van der Waals surface area contributed by atoms with Crippen LogP contribution in [0.1, 0.15) is 13.8 Å². The molecule has 2 aliphatic rings. The van der Waals surface area contributed by atoms with Gasteiger partial charge in [-0.25, -0.2) is 0 Å². The first kappa shape index (κ1) is 16.8. The topological polar surface area (TPSA) is 21.8 Å². The summed E-state index contributed by atoms with van der Waals surface area (Å²) < 4.78 is 4.76. The van der Waals surface area contributed by atoms with E-state index >= 15 is 0 Å². The molecule has 2 atom stereocenters. The molecular weight excluding hydrogens is 328 g/mol. The lowest BCUT2D eigenvalue weighted by atomic mass is 10.1. The van der Waals surface area contributed by atoms with Crippen LogP contribution in [-0.4, -0.2) is 43.2 Å². The Kier molecular flexibility index (Phi) is 4.88. The normalized spacial score (nSPS) is 23.8. The van der Waals surface area contributed by atoms with Crippen LogP contribution in [0.3, 0.4) is 0 Å². The first-order chi connectivity index (χ1) is 12.2. The molecule has 0 bridgehead atoms. The second-order valence-electron chi connectivity index (χ2n) is 7.03. The summed E-state index contributed by atoms with van der Waals surface area (Å²) in [5, 5.41) is 3.61. The van der Waals surface area contributed by atoms with Crippen LogP contribution in [0.15, 0.2) is 54.6 Å². The largest absolute Gasteiger partial charge is 0.309 e. The maximum Gasteiger partial charge on any atom is 0.0784 e. The Balaban J connectivity index is 1.48. The van der Waals surface area contributed by atoms with Gasteiger partial charge in [0.2, 0.25) is 0 Å². The molecular formula is C20H26N4S. The third-order valence-electron chi connectivity index (χ3n) is 4.79. The lowest BCUT2D eigenvalue weighted by molar-refractivity contribution is 0.178. The molecule has 1 N–H and O–H groups in total. The van der Waals surface area contributed by atoms with Crippen LogP contribution < -0.4 is 13.9 Å². The highest BCUT2D eigenvalue weighted by Crippen LogP contribution is 2.48. The first-order valence-corrected chi connectivity index (χ1v) is 9.82. The Hall–Kier alpha value is -1.69. The van der Waals surface area contributed by atoms with Gasteiger partial charge in [-0.3, -0.25) is 13.5 Å². The minimum atomic E-state index is 0.572. The van der Waals surface area contributed by atoms with Gasteiger partial charge in [-0.2, -0.15) is 0 Å². The maximum atomic E-state index is 3.61. The fourth-order valence-corrected chi connectivity index (χ4v) is 4.86. The molecule has 2 aliphatic heterocycles. The number of anilines is 3. The fraction of sp³-hybridized carbons (Fsp3) is 0.400. The molecule has 132 valence electrons. The van der Waals surface area contributed by atoms with Crippen LogP contribution in [-0.2, 0) is 0 Å². The maximum absolute atomic E-state index is 3.61. The smallest absolute Gasteiger partial charge is 0.0784 e. The predicted molar refractivity (Wildman–Crippen MR) is 108 cm³/mol. The molecule has 1 fully saturated rings. The van der Waals surface area contributed by atoms with Crippen LogP contribution in [0.4, 0.5) is 17.1 Å². The van der Waals surface area contributed by atoms with Gasteiger partial charge >= 0.3 is 0 Å². The van der Waals surface area contributed by atoms with Crippen molar-refractivity contribution < 1.29 is 0 Å². The van der Waals surface area contributed by atoms with Crippen LogP contribution >= 0.6 is 12.1 Å². The summed E-state index contributed by atoms with van der Waals surface area (Å²) in [7, 11) is 0. The highest BCUT2D eigenvalue weighted by Gasteiger charge is 2.29. The molecule has 4 rings (SSSR count). The summed E-state index contributed by atoms with van der Waals surface area (Å²) >= 11 is 1.81. The Morgan fingerprint density at radius 3 is 2.24 bits per heavy atom. The minimum absolute atomic E-state index is 0.572. The molecule has 2 unspecified atom stereocenters. The third kappa shape index (κ3) is 3.64. The van der Waals surface area contributed by atoms with Crippen molar-refractivity contribution in [2.45, 2.75) is 25.9 Å². The van der Waals surface area contributed by atoms with E-state index in [1.807, 2.05) is 12.1 Å². The number of hydrogen-bond acceptors (Lipinski definition) is 5. The molecule has 2 heterocycles. The Labute approximate surface area is 155 Å². The summed E-state index contributed by atoms with van der Waals surface area (Å²) in [4.78, 5) is 2.58. The molecule has 0 radical (unpaired) electrons. The van der Waals surface area contributed by atoms with E-state index in [4.69, 9.17) is 0 Å². The van der Waals surface area contributed by atoms with Crippen molar-refractivity contribution in [2.75, 3.05) is 34.8 Å². The second-order valence-corrected chi connectivity index (χ2v) is 8.00. The van der Waals surface area contributed by atoms with Crippen molar-refractivity contribution in [2.24, 2.45) is 0 Å². The monoisotopic (exact) mass is 354 g/mol. The van der Waals surface area contributed by atoms with Gasteiger partial charge in [-0.15, -0.1) is 0 Å². The number of nitrogens with one attached hydrogen (secondary N) is 1. The lowest BCUT2D eigenvalue weighted by Crippen LogP contribution is -2.55. The van der Waals surface area contributed by atoms with E-state index in [1.54, 1.807) is 0 Å². The van der Waals surface area contributed by atoms with Gasteiger partial charge < -0.3 is 5.32 Å². The Bertz CT molecular complexity index is 698. The van der Waals surface area contributed by atoms with Gasteiger partial charge in [0.1, 0.15) is 0 Å². The molecule has 2 aromatic carbocycles. The van der Waals surface area contributed by atoms with Crippen molar-refractivity contribution in [3.05, 3.63) is 54.6 Å². The fourth-order valence-electron chi connectivity index (χ4n) is 3.80. The van der Waals surface area contributed by atoms with E-state index in [1.165, 1.54) is 17.1 Å². The number of nitrogens with zero attached hydrogens (tertiary/aromatic N) is 3. The van der Waals surface area contributed by atoms with Gasteiger partial charge in [-0.1, -0.05) is 30.3 Å². The van der Waals surface area contributed by atoms with Gasteiger partial charge in [0.15, 0.2) is 0 Å². The average molecular weight is 355 g/mol. The zero-order chi connectivity index (χ0) is 17.2. The van der Waals surface area contributed by atoms with Gasteiger partial charge in [0, 0.05) is 38.3 Å². The first-order valence-electron chi connectivity index (χ1n) is 9.09. The Morgan fingerprint density at radius 2 is 1.52 bits per heavy atom. The van der Waals surface area contributed by atoms with E-state index < -0.39 is 0 Å². The van der Waals surface area contributed by atoms with Crippen molar-refractivity contribution in [3.8, 4) is 0 Å². The molecule has 25 heavy (non-hydrogen) atoms. The van der Waals surface area contributed by atoms with Crippen LogP contribution in [0.25, 0.3) is 0 Å². The van der Waals surface area contributed by atoms with Crippen molar-refractivity contribution in [3.63, 3.8) is 0 Å². The van der Waals surface area contributed by atoms with Crippen molar-refractivity contribution >= 4 is 29.2 Å². The number of hydrogen-bond donors (Lipinski definition) is 1. The van der Waals surface area contributed by atoms with E-state index in [0.29, 0.717) is 12.1 Å². The molecule has 5 heteroatoms. The van der Waals surface area contributed by atoms with Crippen molar-refractivity contribution in [1.82, 2.24) is 10.2 Å². The molecule has 1 saturated heterocycles. The predicted octanol–water partition coefficient (Wildman–Crippen LogP) is 3.89. The lowest BCUT2D eigenvalue weighted by Gasteiger charge is -2.36. The molecule has 0 amide bonds. The SMILES string of the molecule is CC1CN(CCN2SN(c3ccccc3)c3ccccc32)CC(C)N1. The Morgan fingerprint density at radius 1 is 0.880 bits per heavy atom. The molecule has 4 nitrogen and oxygen atoms in total. The van der Waals surface area contributed by atoms with E-state index in [-0.39, 0.29) is 0 Å². The van der Waals surface area contributed by atoms with E-state index in [0.717, 1.165) is 26.2 Å². The molecule has 2 aromatic rings. The van der Waals surface area contributed by atoms with Gasteiger partial charge in [0.05, 0.1) is 29.2 Å². The summed E-state index contributed by atoms with van der Waals surface area (Å²) in [6.45, 7) is 8.95. The van der Waals surface area contributed by atoms with Crippen LogP contribution in [0.5, 0.6) is 0 Å². The summed E-state index contributed by atoms with van der Waals surface area (Å²) in [6, 6.07) is 20.5. The van der Waals surface area contributed by atoms with Crippen molar-refractivity contribution in [1.29, 1.82) is 0 Å². The number of piperazine rings is 1. The summed E-state index contributed by atoms with van der Waals surface area (Å²) in [5.74, 6) is 0. The van der Waals surface area contributed by atoms with Gasteiger partial charge in [-0.05, 0) is 38.1 Å². The number of benzene rings is 2. The van der Waals surface area contributed by atoms with Crippen LogP contribution in [0.2, 0.25) is 0 Å². The standard InChI is InChI=1S/C20H26N4S/c1-16-14-22(15-17(2)21-16)12-13-23-19-10-6-7-11-20(19)24(25-23)18-8-4-3-5-9-18/h3-11,16-17,21H,12-15H2,1-2H3. The third-order valence-corrected chi connectivity index (χ3v) is 5.94. The number of para-hydroxylation sites is 3. The van der Waals surface area contributed by atoms with E-state index in [2.05, 4.69) is 87.3 Å². The second kappa shape index (κ2) is 7.28. The van der Waals surface area contributed by atoms with Crippen LogP contribution in [0, 0.1) is 0 Å². The zero-order valence-electron chi connectivity index (χ0n) is 14.9. The zero-order valence-corrected chi connectivity index (χ0v) is 15.7. The summed E-state index contributed by atoms with van der Waals surface area (Å²) in [6.07, 6.45) is 0. The highest BCUT2D eigenvalue weighted by atomic mass is 32.2. The quantitative estimate of drug-likeness (QED) is 0.839. The molecule has 0 spiro atoms. The number of rotatable bonds is 4. The summed E-state index contributed by atoms with van der Waals surface area (Å²) in [5.41, 5.74) is 3.82. The van der Waals surface area contributed by atoms with E-state index in [9.17, 15) is 0 Å². The minimum Gasteiger partial charge on any atom is -0.309 e. The molecule has 0 saturated carbocycles. The molecule has 0 aliphatic carbocycles. The average Bonchev–Trinajstić information content (AvgIpc) is 2.99. The highest BCUT2D eigenvalue weighted by molar-refractivity contribution is 8.02. The van der Waals surface area contributed by atoms with Gasteiger partial charge in [0.25, 0.3) is 0 Å². The molecule has 0 aromatic heterocycles. The number of fused-ring (bicyclic) bond motifs is 1.